The van der Waals surface area contributed by atoms with Crippen LogP contribution in [0.1, 0.15) is 23.2 Å². The van der Waals surface area contributed by atoms with Gasteiger partial charge in [0, 0.05) is 12.7 Å². The van der Waals surface area contributed by atoms with Crippen LogP contribution >= 0.6 is 0 Å². The summed E-state index contributed by atoms with van der Waals surface area (Å²) in [5.74, 6) is -0.139. The molecule has 1 aliphatic heterocycles. The van der Waals surface area contributed by atoms with Crippen LogP contribution in [0.4, 0.5) is 4.39 Å². The van der Waals surface area contributed by atoms with Crippen LogP contribution in [-0.2, 0) is 5.41 Å². The largest absolute Gasteiger partial charge is 0.315 e. The van der Waals surface area contributed by atoms with Gasteiger partial charge in [0.05, 0.1) is 11.1 Å². The molecule has 0 spiro atoms. The number of benzene rings is 1. The predicted molar refractivity (Wildman–Crippen MR) is 73.6 cm³/mol. The van der Waals surface area contributed by atoms with Crippen molar-refractivity contribution in [2.45, 2.75) is 18.8 Å². The molecule has 0 bridgehead atoms. The van der Waals surface area contributed by atoms with Crippen molar-refractivity contribution in [2.75, 3.05) is 13.1 Å². The highest BCUT2D eigenvalue weighted by Crippen LogP contribution is 2.37. The zero-order chi connectivity index (χ0) is 13.3. The van der Waals surface area contributed by atoms with Crippen LogP contribution in [0.5, 0.6) is 0 Å². The Hall–Kier alpha value is -1.74. The Bertz CT molecular complexity index is 575. The molecular weight excluding hydrogens is 239 g/mol. The maximum Gasteiger partial charge on any atom is 0.126 e. The van der Waals surface area contributed by atoms with Crippen LogP contribution in [0.25, 0.3) is 0 Å². The van der Waals surface area contributed by atoms with Crippen molar-refractivity contribution >= 4 is 0 Å². The Morgan fingerprint density at radius 2 is 2.16 bits per heavy atom. The summed E-state index contributed by atoms with van der Waals surface area (Å²) in [7, 11) is 0. The van der Waals surface area contributed by atoms with Gasteiger partial charge in [-0.2, -0.15) is 0 Å². The van der Waals surface area contributed by atoms with Gasteiger partial charge in [0.25, 0.3) is 0 Å². The summed E-state index contributed by atoms with van der Waals surface area (Å²) >= 11 is 0. The molecule has 0 amide bonds. The molecule has 1 atom stereocenters. The highest BCUT2D eigenvalue weighted by molar-refractivity contribution is 5.39. The molecule has 1 N–H and O–H groups in total. The van der Waals surface area contributed by atoms with Gasteiger partial charge in [-0.1, -0.05) is 18.2 Å². The van der Waals surface area contributed by atoms with E-state index in [0.29, 0.717) is 5.56 Å². The van der Waals surface area contributed by atoms with Crippen molar-refractivity contribution in [1.29, 1.82) is 0 Å². The molecule has 0 radical (unpaired) electrons. The fourth-order valence-electron chi connectivity index (χ4n) is 2.84. The number of aryl methyl sites for hydroxylation is 1. The number of nitrogens with zero attached hydrogens (tertiary/aromatic N) is 1. The molecule has 1 aliphatic rings. The van der Waals surface area contributed by atoms with Gasteiger partial charge in [0.15, 0.2) is 0 Å². The molecule has 1 aromatic carbocycles. The summed E-state index contributed by atoms with van der Waals surface area (Å²) in [5, 5.41) is 3.38. The van der Waals surface area contributed by atoms with Gasteiger partial charge in [-0.15, -0.1) is 0 Å². The van der Waals surface area contributed by atoms with Gasteiger partial charge >= 0.3 is 0 Å². The van der Waals surface area contributed by atoms with Gasteiger partial charge in [-0.25, -0.2) is 4.39 Å². The van der Waals surface area contributed by atoms with Crippen LogP contribution in [0.15, 0.2) is 42.6 Å². The molecule has 1 saturated heterocycles. The minimum Gasteiger partial charge on any atom is -0.315 e. The smallest absolute Gasteiger partial charge is 0.126 e. The molecular formula is C16H17FN2. The highest BCUT2D eigenvalue weighted by atomic mass is 19.1. The van der Waals surface area contributed by atoms with E-state index >= 15 is 0 Å². The van der Waals surface area contributed by atoms with Gasteiger partial charge in [-0.05, 0) is 49.2 Å². The first-order chi connectivity index (χ1) is 9.22. The second-order valence-electron chi connectivity index (χ2n) is 5.19. The SMILES string of the molecule is Cc1ccc(C2(c3ccccn3)CCNC2)cc1F. The van der Waals surface area contributed by atoms with Crippen LogP contribution in [-0.4, -0.2) is 18.1 Å². The summed E-state index contributed by atoms with van der Waals surface area (Å²) < 4.78 is 13.9. The quantitative estimate of drug-likeness (QED) is 0.893. The minimum atomic E-state index is -0.199. The first-order valence-electron chi connectivity index (χ1n) is 6.61. The van der Waals surface area contributed by atoms with E-state index in [9.17, 15) is 4.39 Å². The number of nitrogens with one attached hydrogen (secondary N) is 1. The summed E-state index contributed by atoms with van der Waals surface area (Å²) in [6.07, 6.45) is 2.76. The van der Waals surface area contributed by atoms with Crippen molar-refractivity contribution in [3.8, 4) is 0 Å². The molecule has 1 unspecified atom stereocenters. The number of rotatable bonds is 2. The molecule has 19 heavy (non-hydrogen) atoms. The first-order valence-corrected chi connectivity index (χ1v) is 6.61. The zero-order valence-electron chi connectivity index (χ0n) is 11.0. The van der Waals surface area contributed by atoms with E-state index in [1.807, 2.05) is 30.3 Å². The third kappa shape index (κ3) is 2.04. The molecule has 1 aromatic heterocycles. The fraction of sp³-hybridized carbons (Fsp3) is 0.312. The Balaban J connectivity index is 2.13. The number of pyridine rings is 1. The number of hydrogen-bond acceptors (Lipinski definition) is 2. The Kier molecular flexibility index (Phi) is 3.07. The van der Waals surface area contributed by atoms with Crippen molar-refractivity contribution in [3.05, 3.63) is 65.2 Å². The Morgan fingerprint density at radius 1 is 1.26 bits per heavy atom. The molecule has 2 aromatic rings. The maximum absolute atomic E-state index is 13.9. The summed E-state index contributed by atoms with van der Waals surface area (Å²) in [6, 6.07) is 11.5. The maximum atomic E-state index is 13.9. The van der Waals surface area contributed by atoms with Crippen molar-refractivity contribution in [2.24, 2.45) is 0 Å². The normalized spacial score (nSPS) is 22.6. The fourth-order valence-corrected chi connectivity index (χ4v) is 2.84. The van der Waals surface area contributed by atoms with Crippen molar-refractivity contribution in [3.63, 3.8) is 0 Å². The van der Waals surface area contributed by atoms with E-state index in [-0.39, 0.29) is 11.2 Å². The van der Waals surface area contributed by atoms with Crippen LogP contribution in [0.3, 0.4) is 0 Å². The van der Waals surface area contributed by atoms with Gasteiger partial charge in [-0.3, -0.25) is 4.98 Å². The van der Waals surface area contributed by atoms with Crippen LogP contribution in [0.2, 0.25) is 0 Å². The van der Waals surface area contributed by atoms with Gasteiger partial charge < -0.3 is 5.32 Å². The lowest BCUT2D eigenvalue weighted by Crippen LogP contribution is -2.31. The highest BCUT2D eigenvalue weighted by Gasteiger charge is 2.38. The Morgan fingerprint density at radius 3 is 2.79 bits per heavy atom. The molecule has 1 fully saturated rings. The topological polar surface area (TPSA) is 24.9 Å². The zero-order valence-corrected chi connectivity index (χ0v) is 11.0. The van der Waals surface area contributed by atoms with Gasteiger partial charge in [0.1, 0.15) is 5.82 Å². The lowest BCUT2D eigenvalue weighted by atomic mass is 9.76. The lowest BCUT2D eigenvalue weighted by Gasteiger charge is -2.28. The third-order valence-electron chi connectivity index (χ3n) is 4.03. The molecule has 3 rings (SSSR count). The molecule has 2 heterocycles. The average molecular weight is 256 g/mol. The van der Waals surface area contributed by atoms with E-state index in [2.05, 4.69) is 10.3 Å². The minimum absolute atomic E-state index is 0.139. The third-order valence-corrected chi connectivity index (χ3v) is 4.03. The molecule has 2 nitrogen and oxygen atoms in total. The summed E-state index contributed by atoms with van der Waals surface area (Å²) in [4.78, 5) is 4.50. The van der Waals surface area contributed by atoms with E-state index in [1.165, 1.54) is 0 Å². The molecule has 0 aliphatic carbocycles. The Labute approximate surface area is 112 Å². The van der Waals surface area contributed by atoms with Gasteiger partial charge in [0.2, 0.25) is 0 Å². The molecule has 3 heteroatoms. The standard InChI is InChI=1S/C16H17FN2/c1-12-5-6-13(10-14(12)17)16(7-9-18-11-16)15-4-2-3-8-19-15/h2-6,8,10,18H,7,9,11H2,1H3. The molecule has 98 valence electrons. The number of aromatic nitrogens is 1. The van der Waals surface area contributed by atoms with Crippen LogP contribution < -0.4 is 5.32 Å². The first kappa shape index (κ1) is 12.3. The van der Waals surface area contributed by atoms with E-state index in [1.54, 1.807) is 19.2 Å². The second-order valence-corrected chi connectivity index (χ2v) is 5.19. The van der Waals surface area contributed by atoms with Crippen molar-refractivity contribution < 1.29 is 4.39 Å². The summed E-state index contributed by atoms with van der Waals surface area (Å²) in [6.45, 7) is 3.54. The molecule has 0 saturated carbocycles. The lowest BCUT2D eigenvalue weighted by molar-refractivity contribution is 0.541. The monoisotopic (exact) mass is 256 g/mol. The average Bonchev–Trinajstić information content (AvgIpc) is 2.93. The van der Waals surface area contributed by atoms with E-state index in [0.717, 1.165) is 30.8 Å². The summed E-state index contributed by atoms with van der Waals surface area (Å²) in [5.41, 5.74) is 2.52. The van der Waals surface area contributed by atoms with E-state index in [4.69, 9.17) is 0 Å². The van der Waals surface area contributed by atoms with Crippen LogP contribution in [0, 0.1) is 12.7 Å². The van der Waals surface area contributed by atoms with E-state index < -0.39 is 0 Å². The second kappa shape index (κ2) is 4.74. The number of halogens is 1. The number of hydrogen-bond donors (Lipinski definition) is 1. The van der Waals surface area contributed by atoms with Crippen molar-refractivity contribution in [1.82, 2.24) is 10.3 Å². The predicted octanol–water partition coefficient (Wildman–Crippen LogP) is 2.81.